The normalized spacial score (nSPS) is 12.7. The Kier molecular flexibility index (Phi) is 21.3. The number of unbranched alkanes of at least 4 members (excludes halogenated alkanes) is 2. The van der Waals surface area contributed by atoms with Crippen LogP contribution in [0.15, 0.2) is 110 Å². The minimum Gasteiger partial charge on any atom is -1.00 e. The molecule has 6 heterocycles. The lowest BCUT2D eigenvalue weighted by Crippen LogP contribution is -3.00. The number of pyridine rings is 4. The summed E-state index contributed by atoms with van der Waals surface area (Å²) in [6.07, 6.45) is 39.8. The van der Waals surface area contributed by atoms with Gasteiger partial charge in [0, 0.05) is 72.5 Å². The molecule has 0 aromatic carbocycles. The van der Waals surface area contributed by atoms with Crippen molar-refractivity contribution in [3.63, 3.8) is 0 Å². The highest BCUT2D eigenvalue weighted by atomic mass is 127. The van der Waals surface area contributed by atoms with Crippen molar-refractivity contribution in [1.29, 1.82) is 0 Å². The topological polar surface area (TPSA) is 43.4 Å². The molecular formula is C54H66I2N6. The van der Waals surface area contributed by atoms with Crippen LogP contribution in [0.5, 0.6) is 0 Å². The molecule has 0 saturated heterocycles. The van der Waals surface area contributed by atoms with Crippen molar-refractivity contribution in [2.45, 2.75) is 92.2 Å². The van der Waals surface area contributed by atoms with Crippen LogP contribution < -0.4 is 57.1 Å². The Morgan fingerprint density at radius 3 is 1.13 bits per heavy atom. The van der Waals surface area contributed by atoms with Gasteiger partial charge in [0.05, 0.1) is 11.4 Å². The SMILES string of the molecule is CCCCC(CC)Cn1c(/C=C/c2cc[n+](C)cc2)ccc1/C=C/c1ccnc(-c2cc(/C=C/c3ccc(/C=C/c4cc[n+](C)cc4)n3CC(CC)CCCC)ccn2)c1.[I-].[I-]. The van der Waals surface area contributed by atoms with Gasteiger partial charge >= 0.3 is 0 Å². The predicted octanol–water partition coefficient (Wildman–Crippen LogP) is 6.52. The third kappa shape index (κ3) is 14.9. The quantitative estimate of drug-likeness (QED) is 0.0610. The summed E-state index contributed by atoms with van der Waals surface area (Å²) in [7, 11) is 4.10. The van der Waals surface area contributed by atoms with Gasteiger partial charge in [0.2, 0.25) is 0 Å². The molecule has 0 aliphatic heterocycles. The molecule has 62 heavy (non-hydrogen) atoms. The molecule has 326 valence electrons. The molecule has 6 aromatic rings. The molecule has 6 nitrogen and oxygen atoms in total. The van der Waals surface area contributed by atoms with Gasteiger partial charge in [-0.3, -0.25) is 9.97 Å². The second-order valence-electron chi connectivity index (χ2n) is 16.3. The Labute approximate surface area is 406 Å². The van der Waals surface area contributed by atoms with E-state index in [1.54, 1.807) is 0 Å². The molecule has 2 unspecified atom stereocenters. The summed E-state index contributed by atoms with van der Waals surface area (Å²) in [5.41, 5.74) is 11.2. The number of nitrogens with zero attached hydrogens (tertiary/aromatic N) is 6. The van der Waals surface area contributed by atoms with Crippen molar-refractivity contribution in [2.24, 2.45) is 25.9 Å². The second-order valence-corrected chi connectivity index (χ2v) is 16.3. The van der Waals surface area contributed by atoms with Crippen molar-refractivity contribution < 1.29 is 57.1 Å². The zero-order valence-electron chi connectivity index (χ0n) is 37.7. The van der Waals surface area contributed by atoms with Gasteiger partial charge in [-0.15, -0.1) is 0 Å². The van der Waals surface area contributed by atoms with Gasteiger partial charge in [-0.25, -0.2) is 9.13 Å². The van der Waals surface area contributed by atoms with E-state index in [9.17, 15) is 0 Å². The highest BCUT2D eigenvalue weighted by Crippen LogP contribution is 2.25. The van der Waals surface area contributed by atoms with Crippen molar-refractivity contribution in [3.05, 3.63) is 155 Å². The fourth-order valence-electron chi connectivity index (χ4n) is 7.71. The van der Waals surface area contributed by atoms with E-state index >= 15 is 0 Å². The molecule has 8 heteroatoms. The Bertz CT molecular complexity index is 2200. The van der Waals surface area contributed by atoms with Gasteiger partial charge in [-0.05, 0) is 120 Å². The zero-order valence-corrected chi connectivity index (χ0v) is 42.0. The van der Waals surface area contributed by atoms with Crippen molar-refractivity contribution in [1.82, 2.24) is 19.1 Å². The average Bonchev–Trinajstić information content (AvgIpc) is 3.86. The molecule has 0 radical (unpaired) electrons. The molecule has 0 N–H and O–H groups in total. The summed E-state index contributed by atoms with van der Waals surface area (Å²) in [6.45, 7) is 11.2. The van der Waals surface area contributed by atoms with Crippen LogP contribution in [0.2, 0.25) is 0 Å². The van der Waals surface area contributed by atoms with E-state index in [2.05, 4.69) is 206 Å². The molecule has 0 aliphatic rings. The molecule has 2 atom stereocenters. The summed E-state index contributed by atoms with van der Waals surface area (Å²) in [4.78, 5) is 9.54. The Morgan fingerprint density at radius 1 is 0.468 bits per heavy atom. The maximum Gasteiger partial charge on any atom is 0.169 e. The van der Waals surface area contributed by atoms with Crippen molar-refractivity contribution >= 4 is 48.6 Å². The van der Waals surface area contributed by atoms with E-state index in [0.29, 0.717) is 11.8 Å². The lowest BCUT2D eigenvalue weighted by atomic mass is 9.99. The maximum atomic E-state index is 4.77. The highest BCUT2D eigenvalue weighted by Gasteiger charge is 2.14. The van der Waals surface area contributed by atoms with Crippen LogP contribution in [0.1, 0.15) is 124 Å². The van der Waals surface area contributed by atoms with Gasteiger partial charge in [-0.2, -0.15) is 0 Å². The number of aryl methyl sites for hydroxylation is 2. The molecule has 0 aliphatic carbocycles. The molecule has 0 spiro atoms. The fourth-order valence-corrected chi connectivity index (χ4v) is 7.71. The molecule has 0 saturated carbocycles. The van der Waals surface area contributed by atoms with Crippen LogP contribution in [0, 0.1) is 11.8 Å². The van der Waals surface area contributed by atoms with Gasteiger partial charge in [-0.1, -0.05) is 90.5 Å². The predicted molar refractivity (Wildman–Crippen MR) is 254 cm³/mol. The highest BCUT2D eigenvalue weighted by molar-refractivity contribution is 5.76. The van der Waals surface area contributed by atoms with Crippen LogP contribution in [-0.4, -0.2) is 19.1 Å². The van der Waals surface area contributed by atoms with Crippen molar-refractivity contribution in [3.8, 4) is 11.4 Å². The van der Waals surface area contributed by atoms with Crippen LogP contribution >= 0.6 is 0 Å². The maximum absolute atomic E-state index is 4.77. The summed E-state index contributed by atoms with van der Waals surface area (Å²) >= 11 is 0. The molecule has 6 rings (SSSR count). The smallest absolute Gasteiger partial charge is 0.169 e. The summed E-state index contributed by atoms with van der Waals surface area (Å²) in [5, 5.41) is 0. The van der Waals surface area contributed by atoms with Crippen LogP contribution in [0.4, 0.5) is 0 Å². The van der Waals surface area contributed by atoms with Crippen molar-refractivity contribution in [2.75, 3.05) is 0 Å². The number of halogens is 2. The molecule has 0 amide bonds. The van der Waals surface area contributed by atoms with Crippen LogP contribution in [0.25, 0.3) is 60.0 Å². The fraction of sp³-hybridized carbons (Fsp3) is 0.333. The first-order chi connectivity index (χ1) is 29.3. The minimum atomic E-state index is 0. The second kappa shape index (κ2) is 26.3. The van der Waals surface area contributed by atoms with Gasteiger partial charge in [0.25, 0.3) is 0 Å². The lowest BCUT2D eigenvalue weighted by Gasteiger charge is -2.19. The monoisotopic (exact) mass is 1050 g/mol. The number of hydrogen-bond acceptors (Lipinski definition) is 2. The Hall–Kier alpha value is -4.42. The third-order valence-electron chi connectivity index (χ3n) is 11.7. The number of rotatable bonds is 21. The summed E-state index contributed by atoms with van der Waals surface area (Å²) in [6, 6.07) is 26.0. The molecule has 0 bridgehead atoms. The summed E-state index contributed by atoms with van der Waals surface area (Å²) in [5.74, 6) is 1.27. The Balaban J connectivity index is 0.00000422. The lowest BCUT2D eigenvalue weighted by molar-refractivity contribution is -0.671. The molecule has 6 aromatic heterocycles. The largest absolute Gasteiger partial charge is 1.00 e. The van der Waals surface area contributed by atoms with Gasteiger partial charge in [0.1, 0.15) is 14.1 Å². The first-order valence-electron chi connectivity index (χ1n) is 22.3. The Morgan fingerprint density at radius 2 is 0.806 bits per heavy atom. The van der Waals surface area contributed by atoms with Crippen LogP contribution in [0.3, 0.4) is 0 Å². The van der Waals surface area contributed by atoms with E-state index in [1.807, 2.05) is 12.4 Å². The van der Waals surface area contributed by atoms with E-state index in [4.69, 9.17) is 9.97 Å². The molecule has 0 fully saturated rings. The van der Waals surface area contributed by atoms with E-state index < -0.39 is 0 Å². The minimum absolute atomic E-state index is 0. The van der Waals surface area contributed by atoms with E-state index in [-0.39, 0.29) is 48.0 Å². The van der Waals surface area contributed by atoms with Gasteiger partial charge in [0.15, 0.2) is 24.8 Å². The third-order valence-corrected chi connectivity index (χ3v) is 11.7. The number of hydrogen-bond donors (Lipinski definition) is 0. The zero-order chi connectivity index (χ0) is 42.1. The average molecular weight is 1050 g/mol. The van der Waals surface area contributed by atoms with E-state index in [0.717, 1.165) is 35.6 Å². The van der Waals surface area contributed by atoms with Gasteiger partial charge < -0.3 is 57.1 Å². The standard InChI is InChI=1S/C54H66N6.2HI/c1-7-11-13-43(9-3)41-59-49(19-15-45-29-35-57(5)36-30-45)23-25-51(59)21-17-47-27-33-55-53(39-47)54-40-48(28-34-56-54)18-22-52-26-24-50(20-16-46-31-37-58(6)38-32-46)60(52)42-44(10-4)14-12-8-2;;/h15-40,43-44H,7-14,41-42H2,1-6H3;2*1H/q+2;;/p-2/b21-17+,22-18+;;. The number of aromatic nitrogens is 6. The summed E-state index contributed by atoms with van der Waals surface area (Å²) < 4.78 is 9.11. The first kappa shape index (κ1) is 50.2. The first-order valence-corrected chi connectivity index (χ1v) is 22.3. The van der Waals surface area contributed by atoms with E-state index in [1.165, 1.54) is 85.3 Å². The van der Waals surface area contributed by atoms with Crippen LogP contribution in [-0.2, 0) is 27.2 Å². The molecular weight excluding hydrogens is 986 g/mol.